The van der Waals surface area contributed by atoms with Crippen molar-refractivity contribution in [2.24, 2.45) is 5.92 Å². The van der Waals surface area contributed by atoms with E-state index in [1.54, 1.807) is 23.1 Å². The Hall–Kier alpha value is -3.89. The monoisotopic (exact) mass is 491 g/mol. The van der Waals surface area contributed by atoms with Crippen LogP contribution in [-0.2, 0) is 10.2 Å². The fourth-order valence-electron chi connectivity index (χ4n) is 5.78. The van der Waals surface area contributed by atoms with Crippen molar-refractivity contribution in [1.29, 1.82) is 0 Å². The van der Waals surface area contributed by atoms with Crippen molar-refractivity contribution in [3.63, 3.8) is 0 Å². The summed E-state index contributed by atoms with van der Waals surface area (Å²) in [5, 5.41) is 10.9. The molecule has 3 aliphatic rings. The van der Waals surface area contributed by atoms with Crippen molar-refractivity contribution in [1.82, 2.24) is 14.9 Å². The molecule has 1 saturated heterocycles. The van der Waals surface area contributed by atoms with Crippen molar-refractivity contribution in [2.75, 3.05) is 35.0 Å². The van der Waals surface area contributed by atoms with E-state index in [1.807, 2.05) is 0 Å². The van der Waals surface area contributed by atoms with Gasteiger partial charge in [0.2, 0.25) is 11.5 Å². The number of carbonyl (C=O) groups excluding carboxylic acids is 2. The Kier molecular flexibility index (Phi) is 4.89. The molecule has 1 aliphatic heterocycles. The van der Waals surface area contributed by atoms with E-state index < -0.39 is 11.7 Å². The SMILES string of the molecule is COc1cc2cc(C(=O)N3C[C@H]4C[C@@]45C3=CC(=O)c3ncc(C(O)OC)cc35)[nH]c2c(OC)c1OC. The Balaban J connectivity index is 1.40. The number of ether oxygens (including phenoxy) is 4. The number of nitrogens with zero attached hydrogens (tertiary/aromatic N) is 2. The number of hydrogen-bond acceptors (Lipinski definition) is 8. The molecule has 3 aromatic rings. The van der Waals surface area contributed by atoms with Gasteiger partial charge in [0.1, 0.15) is 11.4 Å². The number of likely N-dealkylation sites (tertiary alicyclic amines) is 1. The highest BCUT2D eigenvalue weighted by atomic mass is 16.6. The minimum atomic E-state index is -1.14. The molecule has 2 N–H and O–H groups in total. The molecule has 1 unspecified atom stereocenters. The summed E-state index contributed by atoms with van der Waals surface area (Å²) in [6.07, 6.45) is 2.65. The molecule has 3 atom stereocenters. The van der Waals surface area contributed by atoms with Gasteiger partial charge in [-0.3, -0.25) is 14.6 Å². The molecule has 1 aromatic carbocycles. The number of allylic oxidation sites excluding steroid dienone is 2. The molecule has 2 aromatic heterocycles. The largest absolute Gasteiger partial charge is 0.493 e. The molecule has 2 fully saturated rings. The number of methoxy groups -OCH3 is 4. The van der Waals surface area contributed by atoms with Crippen LogP contribution >= 0.6 is 0 Å². The van der Waals surface area contributed by atoms with Gasteiger partial charge in [-0.05, 0) is 36.1 Å². The third kappa shape index (κ3) is 2.88. The number of piperidine rings is 1. The minimum Gasteiger partial charge on any atom is -0.493 e. The Morgan fingerprint density at radius 1 is 1.17 bits per heavy atom. The van der Waals surface area contributed by atoms with Crippen LogP contribution in [0, 0.1) is 5.92 Å². The first-order chi connectivity index (χ1) is 17.4. The van der Waals surface area contributed by atoms with E-state index >= 15 is 0 Å². The zero-order chi connectivity index (χ0) is 25.4. The summed E-state index contributed by atoms with van der Waals surface area (Å²) in [5.41, 5.74) is 2.74. The van der Waals surface area contributed by atoms with Gasteiger partial charge in [0.05, 0.1) is 26.8 Å². The molecule has 186 valence electrons. The number of rotatable bonds is 6. The molecular weight excluding hydrogens is 466 g/mol. The van der Waals surface area contributed by atoms with Gasteiger partial charge in [-0.25, -0.2) is 0 Å². The fourth-order valence-corrected chi connectivity index (χ4v) is 5.78. The number of benzene rings is 1. The van der Waals surface area contributed by atoms with Crippen LogP contribution in [0.5, 0.6) is 17.2 Å². The number of aromatic amines is 1. The highest BCUT2D eigenvalue weighted by Crippen LogP contribution is 2.66. The zero-order valence-corrected chi connectivity index (χ0v) is 20.2. The maximum absolute atomic E-state index is 13.7. The molecule has 36 heavy (non-hydrogen) atoms. The third-order valence-electron chi connectivity index (χ3n) is 7.55. The Bertz CT molecular complexity index is 1480. The first-order valence-corrected chi connectivity index (χ1v) is 11.5. The maximum atomic E-state index is 13.7. The number of fused-ring (bicyclic) bond motifs is 2. The molecule has 2 aliphatic carbocycles. The van der Waals surface area contributed by atoms with E-state index in [1.165, 1.54) is 40.7 Å². The van der Waals surface area contributed by atoms with E-state index in [2.05, 4.69) is 9.97 Å². The molecule has 3 heterocycles. The number of hydrogen-bond donors (Lipinski definition) is 2. The first kappa shape index (κ1) is 22.6. The van der Waals surface area contributed by atoms with Crippen molar-refractivity contribution < 1.29 is 33.6 Å². The Morgan fingerprint density at radius 3 is 2.64 bits per heavy atom. The quantitative estimate of drug-likeness (QED) is 0.505. The zero-order valence-electron chi connectivity index (χ0n) is 20.2. The lowest BCUT2D eigenvalue weighted by atomic mass is 9.83. The maximum Gasteiger partial charge on any atom is 0.274 e. The number of H-pyrrole nitrogens is 1. The number of aliphatic hydroxyl groups is 1. The normalized spacial score (nSPS) is 22.5. The molecule has 0 radical (unpaired) electrons. The second-order valence-corrected chi connectivity index (χ2v) is 9.23. The second-order valence-electron chi connectivity index (χ2n) is 9.23. The van der Waals surface area contributed by atoms with Gasteiger partial charge in [-0.2, -0.15) is 0 Å². The van der Waals surface area contributed by atoms with Crippen molar-refractivity contribution in [3.8, 4) is 17.2 Å². The van der Waals surface area contributed by atoms with E-state index in [4.69, 9.17) is 18.9 Å². The van der Waals surface area contributed by atoms with Gasteiger partial charge < -0.3 is 33.9 Å². The Labute approximate surface area is 206 Å². The van der Waals surface area contributed by atoms with Crippen LogP contribution in [0.15, 0.2) is 36.2 Å². The van der Waals surface area contributed by atoms with E-state index in [0.717, 1.165) is 17.4 Å². The van der Waals surface area contributed by atoms with Crippen LogP contribution in [-0.4, -0.2) is 66.6 Å². The van der Waals surface area contributed by atoms with Crippen LogP contribution in [0.3, 0.4) is 0 Å². The number of nitrogens with one attached hydrogen (secondary N) is 1. The number of ketones is 1. The lowest BCUT2D eigenvalue weighted by Crippen LogP contribution is -2.34. The predicted molar refractivity (Wildman–Crippen MR) is 127 cm³/mol. The molecule has 1 amide bonds. The number of carbonyl (C=O) groups is 2. The minimum absolute atomic E-state index is 0.162. The molecule has 1 saturated carbocycles. The van der Waals surface area contributed by atoms with Crippen LogP contribution < -0.4 is 14.2 Å². The van der Waals surface area contributed by atoms with Gasteiger partial charge in [0.15, 0.2) is 17.8 Å². The lowest BCUT2D eigenvalue weighted by molar-refractivity contribution is -0.0772. The standard InChI is InChI=1S/C26H25N3O7/c1-33-18-7-12-6-16(28-20(12)23(35-3)22(18)34-2)24(31)29-11-14-9-26(14)15-5-13(25(32)36-4)10-27-21(15)17(30)8-19(26)29/h5-8,10,14,25,28,32H,9,11H2,1-4H3/t14-,25?,26-/m1/s1. The lowest BCUT2D eigenvalue weighted by Gasteiger charge is -2.29. The number of pyridine rings is 1. The van der Waals surface area contributed by atoms with Crippen LogP contribution in [0.25, 0.3) is 10.9 Å². The summed E-state index contributed by atoms with van der Waals surface area (Å²) < 4.78 is 21.5. The van der Waals surface area contributed by atoms with Crippen LogP contribution in [0.2, 0.25) is 0 Å². The highest BCUT2D eigenvalue weighted by molar-refractivity contribution is 6.09. The number of amides is 1. The van der Waals surface area contributed by atoms with Gasteiger partial charge in [-0.1, -0.05) is 0 Å². The summed E-state index contributed by atoms with van der Waals surface area (Å²) in [5.74, 6) is 0.996. The van der Waals surface area contributed by atoms with Crippen LogP contribution in [0.1, 0.15) is 44.8 Å². The third-order valence-corrected chi connectivity index (χ3v) is 7.55. The first-order valence-electron chi connectivity index (χ1n) is 11.5. The van der Waals surface area contributed by atoms with Crippen LogP contribution in [0.4, 0.5) is 0 Å². The van der Waals surface area contributed by atoms with Gasteiger partial charge in [0, 0.05) is 48.0 Å². The summed E-state index contributed by atoms with van der Waals surface area (Å²) in [4.78, 5) is 35.9. The van der Waals surface area contributed by atoms with Crippen molar-refractivity contribution >= 4 is 22.6 Å². The molecule has 10 heteroatoms. The topological polar surface area (TPSA) is 123 Å². The predicted octanol–water partition coefficient (Wildman–Crippen LogP) is 2.72. The van der Waals surface area contributed by atoms with Crippen molar-refractivity contribution in [2.45, 2.75) is 18.1 Å². The van der Waals surface area contributed by atoms with E-state index in [9.17, 15) is 14.7 Å². The summed E-state index contributed by atoms with van der Waals surface area (Å²) in [6.45, 7) is 0.480. The fraction of sp³-hybridized carbons (Fsp3) is 0.346. The Morgan fingerprint density at radius 2 is 1.94 bits per heavy atom. The average Bonchev–Trinajstić information content (AvgIpc) is 3.29. The average molecular weight is 492 g/mol. The summed E-state index contributed by atoms with van der Waals surface area (Å²) >= 11 is 0. The highest BCUT2D eigenvalue weighted by Gasteiger charge is 2.67. The summed E-state index contributed by atoms with van der Waals surface area (Å²) in [6, 6.07) is 5.30. The molecule has 6 rings (SSSR count). The number of aliphatic hydroxyl groups excluding tert-OH is 1. The molecule has 1 spiro atoms. The molecule has 10 nitrogen and oxygen atoms in total. The van der Waals surface area contributed by atoms with Gasteiger partial charge >= 0.3 is 0 Å². The molecule has 0 bridgehead atoms. The number of aromatic nitrogens is 2. The summed E-state index contributed by atoms with van der Waals surface area (Å²) in [7, 11) is 5.98. The van der Waals surface area contributed by atoms with Gasteiger partial charge in [-0.15, -0.1) is 0 Å². The molecular formula is C26H25N3O7. The van der Waals surface area contributed by atoms with E-state index in [0.29, 0.717) is 52.0 Å². The second kappa shape index (κ2) is 7.81. The van der Waals surface area contributed by atoms with Crippen molar-refractivity contribution in [3.05, 3.63) is 58.7 Å². The smallest absolute Gasteiger partial charge is 0.274 e. The van der Waals surface area contributed by atoms with E-state index in [-0.39, 0.29) is 17.6 Å². The van der Waals surface area contributed by atoms with Gasteiger partial charge in [0.25, 0.3) is 5.91 Å².